The lowest BCUT2D eigenvalue weighted by molar-refractivity contribution is -0.145. The van der Waals surface area contributed by atoms with Crippen molar-refractivity contribution in [2.75, 3.05) is 6.61 Å². The van der Waals surface area contributed by atoms with Crippen LogP contribution in [-0.4, -0.2) is 35.4 Å². The Labute approximate surface area is 171 Å². The summed E-state index contributed by atoms with van der Waals surface area (Å²) in [6.07, 6.45) is 9.06. The molecule has 1 N–H and O–H groups in total. The number of carbonyl (C=O) groups is 3. The smallest absolute Gasteiger partial charge is 0.303 e. The lowest BCUT2D eigenvalue weighted by atomic mass is 9.45. The Balaban J connectivity index is 1.66. The second-order valence-corrected chi connectivity index (χ2v) is 9.80. The molecule has 2 fully saturated rings. The summed E-state index contributed by atoms with van der Waals surface area (Å²) >= 11 is 0. The topological polar surface area (TPSA) is 80.7 Å². The molecule has 29 heavy (non-hydrogen) atoms. The SMILES string of the molecule is CC(=O)OCC(=O)C1=CC[C@H]2[C@@H]3C[C@H](C)C4=CC(=O)C=C[C@]4(C)[C@@H]3[C@@H](O)C[C@]12C. The molecule has 0 unspecified atom stereocenters. The van der Waals surface area contributed by atoms with Crippen LogP contribution in [0.15, 0.2) is 35.5 Å². The molecule has 0 radical (unpaired) electrons. The van der Waals surface area contributed by atoms with Gasteiger partial charge in [0.2, 0.25) is 0 Å². The summed E-state index contributed by atoms with van der Waals surface area (Å²) < 4.78 is 4.95. The quantitative estimate of drug-likeness (QED) is 0.739. The van der Waals surface area contributed by atoms with Crippen molar-refractivity contribution < 1.29 is 24.2 Å². The average molecular weight is 398 g/mol. The summed E-state index contributed by atoms with van der Waals surface area (Å²) in [4.78, 5) is 35.9. The Morgan fingerprint density at radius 1 is 1.31 bits per heavy atom. The lowest BCUT2D eigenvalue weighted by Crippen LogP contribution is -2.57. The Morgan fingerprint density at radius 3 is 2.72 bits per heavy atom. The van der Waals surface area contributed by atoms with Gasteiger partial charge in [-0.05, 0) is 49.2 Å². The molecular weight excluding hydrogens is 368 g/mol. The molecule has 0 spiro atoms. The van der Waals surface area contributed by atoms with E-state index in [1.807, 2.05) is 12.2 Å². The van der Waals surface area contributed by atoms with Crippen LogP contribution in [0.2, 0.25) is 0 Å². The first-order valence-corrected chi connectivity index (χ1v) is 10.6. The fraction of sp³-hybridized carbons (Fsp3) is 0.625. The van der Waals surface area contributed by atoms with Crippen molar-refractivity contribution >= 4 is 17.5 Å². The number of aliphatic hydroxyl groups excluding tert-OH is 1. The molecule has 0 aromatic heterocycles. The fourth-order valence-electron chi connectivity index (χ4n) is 7.00. The van der Waals surface area contributed by atoms with Crippen LogP contribution in [0.5, 0.6) is 0 Å². The van der Waals surface area contributed by atoms with Crippen LogP contribution >= 0.6 is 0 Å². The molecule has 5 heteroatoms. The predicted octanol–water partition coefficient (Wildman–Crippen LogP) is 3.18. The fourth-order valence-corrected chi connectivity index (χ4v) is 7.00. The van der Waals surface area contributed by atoms with Gasteiger partial charge in [0.15, 0.2) is 18.2 Å². The Morgan fingerprint density at radius 2 is 2.03 bits per heavy atom. The number of hydrogen-bond acceptors (Lipinski definition) is 5. The largest absolute Gasteiger partial charge is 0.457 e. The van der Waals surface area contributed by atoms with Crippen LogP contribution < -0.4 is 0 Å². The van der Waals surface area contributed by atoms with Crippen molar-refractivity contribution in [1.29, 1.82) is 0 Å². The highest BCUT2D eigenvalue weighted by atomic mass is 16.5. The van der Waals surface area contributed by atoms with Gasteiger partial charge in [0.1, 0.15) is 0 Å². The van der Waals surface area contributed by atoms with Crippen LogP contribution in [0.1, 0.15) is 47.0 Å². The van der Waals surface area contributed by atoms with Crippen molar-refractivity contribution in [3.63, 3.8) is 0 Å². The van der Waals surface area contributed by atoms with E-state index in [1.54, 1.807) is 12.2 Å². The van der Waals surface area contributed by atoms with Crippen molar-refractivity contribution in [3.05, 3.63) is 35.5 Å². The van der Waals surface area contributed by atoms with Gasteiger partial charge < -0.3 is 9.84 Å². The van der Waals surface area contributed by atoms with Gasteiger partial charge >= 0.3 is 5.97 Å². The third-order valence-corrected chi connectivity index (χ3v) is 8.10. The molecule has 0 aliphatic heterocycles. The summed E-state index contributed by atoms with van der Waals surface area (Å²) in [5.41, 5.74) is 1.09. The summed E-state index contributed by atoms with van der Waals surface area (Å²) in [7, 11) is 0. The van der Waals surface area contributed by atoms with Crippen LogP contribution in [0.3, 0.4) is 0 Å². The third kappa shape index (κ3) is 2.97. The van der Waals surface area contributed by atoms with Gasteiger partial charge in [-0.2, -0.15) is 0 Å². The minimum absolute atomic E-state index is 0.0267. The van der Waals surface area contributed by atoms with E-state index < -0.39 is 17.5 Å². The van der Waals surface area contributed by atoms with Crippen molar-refractivity contribution in [2.45, 2.75) is 53.1 Å². The normalized spacial score (nSPS) is 42.9. The Bertz CT molecular complexity index is 864. The van der Waals surface area contributed by atoms with Crippen LogP contribution in [0, 0.1) is 34.5 Å². The number of aliphatic hydroxyl groups is 1. The van der Waals surface area contributed by atoms with E-state index in [0.29, 0.717) is 12.0 Å². The first kappa shape index (κ1) is 20.3. The monoisotopic (exact) mass is 398 g/mol. The van der Waals surface area contributed by atoms with Gasteiger partial charge in [-0.3, -0.25) is 14.4 Å². The molecule has 0 saturated heterocycles. The molecule has 0 amide bonds. The predicted molar refractivity (Wildman–Crippen MR) is 108 cm³/mol. The molecular formula is C24H30O5. The van der Waals surface area contributed by atoms with Crippen LogP contribution in [0.25, 0.3) is 0 Å². The number of Topliss-reactive ketones (excluding diaryl/α,β-unsaturated/α-hetero) is 1. The maximum atomic E-state index is 12.8. The molecule has 7 atom stereocenters. The Kier molecular flexibility index (Phi) is 4.73. The van der Waals surface area contributed by atoms with Crippen molar-refractivity contribution in [2.24, 2.45) is 34.5 Å². The molecule has 0 aromatic carbocycles. The highest BCUT2D eigenvalue weighted by Gasteiger charge is 2.61. The van der Waals surface area contributed by atoms with Gasteiger partial charge in [-0.1, -0.05) is 38.5 Å². The van der Waals surface area contributed by atoms with E-state index in [1.165, 1.54) is 6.92 Å². The minimum atomic E-state index is -0.567. The van der Waals surface area contributed by atoms with Gasteiger partial charge in [-0.15, -0.1) is 0 Å². The van der Waals surface area contributed by atoms with Gasteiger partial charge in [0, 0.05) is 29.2 Å². The number of ketones is 2. The molecule has 2 saturated carbocycles. The highest BCUT2D eigenvalue weighted by molar-refractivity contribution is 6.01. The molecule has 0 heterocycles. The molecule has 0 bridgehead atoms. The number of esters is 1. The molecule has 4 rings (SSSR count). The highest BCUT2D eigenvalue weighted by Crippen LogP contribution is 2.65. The number of allylic oxidation sites excluding steroid dienone is 5. The summed E-state index contributed by atoms with van der Waals surface area (Å²) in [6, 6.07) is 0. The Hall–Kier alpha value is -2.01. The van der Waals surface area contributed by atoms with Gasteiger partial charge in [-0.25, -0.2) is 0 Å². The molecule has 4 aliphatic rings. The van der Waals surface area contributed by atoms with E-state index in [4.69, 9.17) is 4.74 Å². The van der Waals surface area contributed by atoms with Crippen LogP contribution in [-0.2, 0) is 19.1 Å². The van der Waals surface area contributed by atoms with Gasteiger partial charge in [0.05, 0.1) is 6.10 Å². The first-order chi connectivity index (χ1) is 13.6. The summed E-state index contributed by atoms with van der Waals surface area (Å²) in [5.74, 6) is 0.213. The zero-order valence-electron chi connectivity index (χ0n) is 17.6. The minimum Gasteiger partial charge on any atom is -0.457 e. The zero-order chi connectivity index (χ0) is 21.1. The number of ether oxygens (including phenoxy) is 1. The van der Waals surface area contributed by atoms with Crippen LogP contribution in [0.4, 0.5) is 0 Å². The number of rotatable bonds is 3. The maximum Gasteiger partial charge on any atom is 0.303 e. The number of fused-ring (bicyclic) bond motifs is 5. The van der Waals surface area contributed by atoms with Gasteiger partial charge in [0.25, 0.3) is 0 Å². The van der Waals surface area contributed by atoms with E-state index in [2.05, 4.69) is 20.8 Å². The summed E-state index contributed by atoms with van der Waals surface area (Å²) in [5, 5.41) is 11.3. The standard InChI is InChI=1S/C24H30O5/c1-13-9-16-17-5-6-18(21(28)12-29-14(2)25)24(17,4)11-20(27)22(16)23(3)8-7-15(26)10-19(13)23/h6-8,10,13,16-17,20,22,27H,5,9,11-12H2,1-4H3/t13-,16-,17-,20-,22-,23-,24-/m0/s1. The molecule has 4 aliphatic carbocycles. The molecule has 0 aromatic rings. The maximum absolute atomic E-state index is 12.8. The second kappa shape index (κ2) is 6.76. The second-order valence-electron chi connectivity index (χ2n) is 9.80. The first-order valence-electron chi connectivity index (χ1n) is 10.6. The molecule has 156 valence electrons. The van der Waals surface area contributed by atoms with E-state index in [-0.39, 0.29) is 47.3 Å². The van der Waals surface area contributed by atoms with E-state index in [9.17, 15) is 19.5 Å². The third-order valence-electron chi connectivity index (χ3n) is 8.10. The average Bonchev–Trinajstić information content (AvgIpc) is 2.97. The van der Waals surface area contributed by atoms with E-state index in [0.717, 1.165) is 18.4 Å². The lowest BCUT2D eigenvalue weighted by Gasteiger charge is -2.59. The number of carbonyl (C=O) groups excluding carboxylic acids is 3. The zero-order valence-corrected chi connectivity index (χ0v) is 17.6. The molecule has 5 nitrogen and oxygen atoms in total. The van der Waals surface area contributed by atoms with Crippen molar-refractivity contribution in [3.8, 4) is 0 Å². The number of hydrogen-bond donors (Lipinski definition) is 1. The summed E-state index contributed by atoms with van der Waals surface area (Å²) in [6.45, 7) is 7.46. The van der Waals surface area contributed by atoms with E-state index >= 15 is 0 Å². The van der Waals surface area contributed by atoms with Crippen molar-refractivity contribution in [1.82, 2.24) is 0 Å².